The summed E-state index contributed by atoms with van der Waals surface area (Å²) in [4.78, 5) is 10.4. The molecule has 0 bridgehead atoms. The molecule has 1 aromatic rings. The van der Waals surface area contributed by atoms with Crippen molar-refractivity contribution < 1.29 is 9.66 Å². The molecule has 2 atom stereocenters. The van der Waals surface area contributed by atoms with Gasteiger partial charge in [-0.05, 0) is 30.4 Å². The van der Waals surface area contributed by atoms with E-state index in [1.807, 2.05) is 0 Å². The maximum absolute atomic E-state index is 10.8. The summed E-state index contributed by atoms with van der Waals surface area (Å²) in [6.07, 6.45) is 6.19. The van der Waals surface area contributed by atoms with Gasteiger partial charge in [-0.1, -0.05) is 32.3 Å². The van der Waals surface area contributed by atoms with Crippen LogP contribution in [-0.2, 0) is 11.3 Å². The van der Waals surface area contributed by atoms with E-state index >= 15 is 0 Å². The highest BCUT2D eigenvalue weighted by atomic mass is 16.6. The predicted octanol–water partition coefficient (Wildman–Crippen LogP) is 3.66. The molecule has 5 nitrogen and oxygen atoms in total. The van der Waals surface area contributed by atoms with Gasteiger partial charge in [-0.2, -0.15) is 0 Å². The summed E-state index contributed by atoms with van der Waals surface area (Å²) in [5.41, 5.74) is 6.55. The van der Waals surface area contributed by atoms with Gasteiger partial charge in [0.2, 0.25) is 0 Å². The van der Waals surface area contributed by atoms with Gasteiger partial charge in [-0.25, -0.2) is 0 Å². The number of nitro groups is 1. The van der Waals surface area contributed by atoms with Crippen LogP contribution in [0.1, 0.15) is 44.6 Å². The first-order chi connectivity index (χ1) is 9.60. The molecule has 1 aliphatic rings. The standard InChI is InChI=1S/C15H22N2O3/c1-2-11-4-3-5-13(8-11)20-10-12-6-7-14(16)15(9-12)17(18)19/h6-7,9,11,13H,2-5,8,10,16H2,1H3. The van der Waals surface area contributed by atoms with Crippen molar-refractivity contribution >= 4 is 11.4 Å². The molecule has 0 heterocycles. The number of nitrogens with zero attached hydrogens (tertiary/aromatic N) is 1. The molecule has 0 radical (unpaired) electrons. The average Bonchev–Trinajstić information content (AvgIpc) is 2.46. The van der Waals surface area contributed by atoms with Gasteiger partial charge < -0.3 is 10.5 Å². The predicted molar refractivity (Wildman–Crippen MR) is 78.3 cm³/mol. The molecule has 1 fully saturated rings. The number of nitro benzene ring substituents is 1. The topological polar surface area (TPSA) is 78.4 Å². The Morgan fingerprint density at radius 1 is 1.45 bits per heavy atom. The molecule has 2 unspecified atom stereocenters. The average molecular weight is 278 g/mol. The molecule has 5 heteroatoms. The van der Waals surface area contributed by atoms with Crippen LogP contribution in [-0.4, -0.2) is 11.0 Å². The Morgan fingerprint density at radius 3 is 2.95 bits per heavy atom. The highest BCUT2D eigenvalue weighted by Gasteiger charge is 2.21. The van der Waals surface area contributed by atoms with Gasteiger partial charge >= 0.3 is 0 Å². The highest BCUT2D eigenvalue weighted by molar-refractivity contribution is 5.59. The molecular formula is C15H22N2O3. The van der Waals surface area contributed by atoms with Crippen molar-refractivity contribution in [3.63, 3.8) is 0 Å². The molecule has 2 N–H and O–H groups in total. The largest absolute Gasteiger partial charge is 0.393 e. The first-order valence-corrected chi connectivity index (χ1v) is 7.24. The molecule has 0 spiro atoms. The minimum Gasteiger partial charge on any atom is -0.393 e. The second-order valence-corrected chi connectivity index (χ2v) is 5.52. The summed E-state index contributed by atoms with van der Waals surface area (Å²) in [7, 11) is 0. The quantitative estimate of drug-likeness (QED) is 0.506. The Hall–Kier alpha value is -1.62. The van der Waals surface area contributed by atoms with Crippen LogP contribution < -0.4 is 5.73 Å². The van der Waals surface area contributed by atoms with E-state index in [4.69, 9.17) is 10.5 Å². The monoisotopic (exact) mass is 278 g/mol. The summed E-state index contributed by atoms with van der Waals surface area (Å²) in [5.74, 6) is 0.759. The van der Waals surface area contributed by atoms with E-state index in [1.54, 1.807) is 12.1 Å². The van der Waals surface area contributed by atoms with E-state index in [9.17, 15) is 10.1 Å². The van der Waals surface area contributed by atoms with Crippen molar-refractivity contribution in [2.75, 3.05) is 5.73 Å². The van der Waals surface area contributed by atoms with Crippen LogP contribution in [0.5, 0.6) is 0 Å². The van der Waals surface area contributed by atoms with Gasteiger partial charge in [0.05, 0.1) is 17.6 Å². The van der Waals surface area contributed by atoms with E-state index in [0.717, 1.165) is 24.3 Å². The smallest absolute Gasteiger partial charge is 0.292 e. The molecule has 1 aromatic carbocycles. The molecule has 0 aromatic heterocycles. The number of nitrogen functional groups attached to an aromatic ring is 1. The zero-order chi connectivity index (χ0) is 14.5. The van der Waals surface area contributed by atoms with E-state index in [2.05, 4.69) is 6.92 Å². The minimum atomic E-state index is -0.452. The van der Waals surface area contributed by atoms with Crippen LogP contribution in [0.15, 0.2) is 18.2 Å². The first kappa shape index (κ1) is 14.8. The fraction of sp³-hybridized carbons (Fsp3) is 0.600. The van der Waals surface area contributed by atoms with E-state index in [-0.39, 0.29) is 17.5 Å². The number of hydrogen-bond donors (Lipinski definition) is 1. The van der Waals surface area contributed by atoms with Gasteiger partial charge in [-0.3, -0.25) is 10.1 Å². The van der Waals surface area contributed by atoms with Crippen molar-refractivity contribution in [2.45, 2.75) is 51.7 Å². The number of rotatable bonds is 5. The third-order valence-electron chi connectivity index (χ3n) is 4.09. The number of anilines is 1. The van der Waals surface area contributed by atoms with Crippen LogP contribution >= 0.6 is 0 Å². The van der Waals surface area contributed by atoms with E-state index < -0.39 is 4.92 Å². The third-order valence-corrected chi connectivity index (χ3v) is 4.09. The molecule has 110 valence electrons. The second-order valence-electron chi connectivity index (χ2n) is 5.52. The van der Waals surface area contributed by atoms with Crippen molar-refractivity contribution in [1.29, 1.82) is 0 Å². The zero-order valence-corrected chi connectivity index (χ0v) is 11.9. The van der Waals surface area contributed by atoms with Crippen LogP contribution in [0, 0.1) is 16.0 Å². The zero-order valence-electron chi connectivity index (χ0n) is 11.9. The molecule has 0 amide bonds. The van der Waals surface area contributed by atoms with Gasteiger partial charge in [0, 0.05) is 6.07 Å². The highest BCUT2D eigenvalue weighted by Crippen LogP contribution is 2.29. The minimum absolute atomic E-state index is 0.0406. The summed E-state index contributed by atoms with van der Waals surface area (Å²) in [5, 5.41) is 10.8. The first-order valence-electron chi connectivity index (χ1n) is 7.24. The maximum atomic E-state index is 10.8. The van der Waals surface area contributed by atoms with Crippen LogP contribution in [0.4, 0.5) is 11.4 Å². The van der Waals surface area contributed by atoms with E-state index in [0.29, 0.717) is 6.61 Å². The Bertz CT molecular complexity index is 476. The van der Waals surface area contributed by atoms with Crippen LogP contribution in [0.2, 0.25) is 0 Å². The van der Waals surface area contributed by atoms with Crippen molar-refractivity contribution in [2.24, 2.45) is 5.92 Å². The molecule has 2 rings (SSSR count). The van der Waals surface area contributed by atoms with Gasteiger partial charge in [0.25, 0.3) is 5.69 Å². The molecule has 20 heavy (non-hydrogen) atoms. The second kappa shape index (κ2) is 6.70. The van der Waals surface area contributed by atoms with Crippen LogP contribution in [0.3, 0.4) is 0 Å². The van der Waals surface area contributed by atoms with Crippen molar-refractivity contribution in [3.05, 3.63) is 33.9 Å². The van der Waals surface area contributed by atoms with Crippen molar-refractivity contribution in [3.8, 4) is 0 Å². The molecule has 0 saturated heterocycles. The normalized spacial score (nSPS) is 22.6. The molecule has 1 saturated carbocycles. The van der Waals surface area contributed by atoms with Gasteiger partial charge in [0.15, 0.2) is 0 Å². The fourth-order valence-electron chi connectivity index (χ4n) is 2.82. The summed E-state index contributed by atoms with van der Waals surface area (Å²) in [6, 6.07) is 4.88. The summed E-state index contributed by atoms with van der Waals surface area (Å²) in [6.45, 7) is 2.64. The molecule has 0 aliphatic heterocycles. The van der Waals surface area contributed by atoms with E-state index in [1.165, 1.54) is 25.3 Å². The lowest BCUT2D eigenvalue weighted by Crippen LogP contribution is -2.22. The van der Waals surface area contributed by atoms with Crippen molar-refractivity contribution in [1.82, 2.24) is 0 Å². The Morgan fingerprint density at radius 2 is 2.25 bits per heavy atom. The number of hydrogen-bond acceptors (Lipinski definition) is 4. The molecule has 1 aliphatic carbocycles. The molecular weight excluding hydrogens is 256 g/mol. The van der Waals surface area contributed by atoms with Gasteiger partial charge in [-0.15, -0.1) is 0 Å². The lowest BCUT2D eigenvalue weighted by atomic mass is 9.85. The Balaban J connectivity index is 1.93. The fourth-order valence-corrected chi connectivity index (χ4v) is 2.82. The number of benzene rings is 1. The lowest BCUT2D eigenvalue weighted by Gasteiger charge is -2.28. The summed E-state index contributed by atoms with van der Waals surface area (Å²) >= 11 is 0. The number of ether oxygens (including phenoxy) is 1. The lowest BCUT2D eigenvalue weighted by molar-refractivity contribution is -0.384. The van der Waals surface area contributed by atoms with Gasteiger partial charge in [0.1, 0.15) is 5.69 Å². The third kappa shape index (κ3) is 3.70. The Kier molecular flexibility index (Phi) is 4.95. The SMILES string of the molecule is CCC1CCCC(OCc2ccc(N)c([N+](=O)[O-])c2)C1. The summed E-state index contributed by atoms with van der Waals surface area (Å²) < 4.78 is 5.91. The maximum Gasteiger partial charge on any atom is 0.292 e. The number of nitrogens with two attached hydrogens (primary N) is 1. The Labute approximate surface area is 119 Å². The van der Waals surface area contributed by atoms with Crippen LogP contribution in [0.25, 0.3) is 0 Å².